The number of ketones is 1. The van der Waals surface area contributed by atoms with E-state index in [-0.39, 0.29) is 41.8 Å². The van der Waals surface area contributed by atoms with E-state index in [1.165, 1.54) is 25.3 Å². The number of carbonyl (C=O) groups is 4. The number of carbonyl (C=O) groups excluding carboxylic acids is 4. The first kappa shape index (κ1) is 28.2. The predicted octanol–water partition coefficient (Wildman–Crippen LogP) is 3.06. The van der Waals surface area contributed by atoms with Gasteiger partial charge in [0.05, 0.1) is 13.2 Å². The molecule has 1 saturated heterocycles. The lowest BCUT2D eigenvalue weighted by atomic mass is 9.98. The minimum absolute atomic E-state index is 0.0257. The highest BCUT2D eigenvalue weighted by atomic mass is 19.1. The molecule has 3 amide bonds. The van der Waals surface area contributed by atoms with Gasteiger partial charge in [0.2, 0.25) is 0 Å². The number of likely N-dealkylation sites (tertiary alicyclic amines) is 1. The van der Waals surface area contributed by atoms with E-state index in [0.29, 0.717) is 48.2 Å². The summed E-state index contributed by atoms with van der Waals surface area (Å²) in [4.78, 5) is 53.5. The average molecular weight is 588 g/mol. The fourth-order valence-corrected chi connectivity index (χ4v) is 5.83. The number of nitrogens with one attached hydrogen (secondary N) is 2. The van der Waals surface area contributed by atoms with Crippen molar-refractivity contribution in [3.05, 3.63) is 88.2 Å². The van der Waals surface area contributed by atoms with Gasteiger partial charge in [0.25, 0.3) is 17.7 Å². The predicted molar refractivity (Wildman–Crippen MR) is 152 cm³/mol. The summed E-state index contributed by atoms with van der Waals surface area (Å²) in [7, 11) is 1.45. The van der Waals surface area contributed by atoms with Crippen LogP contribution in [-0.2, 0) is 17.8 Å². The van der Waals surface area contributed by atoms with Crippen molar-refractivity contribution < 1.29 is 37.8 Å². The molecule has 2 aliphatic heterocycles. The van der Waals surface area contributed by atoms with Crippen molar-refractivity contribution in [1.29, 1.82) is 0 Å². The maximum atomic E-state index is 14.6. The summed E-state index contributed by atoms with van der Waals surface area (Å²) in [6.45, 7) is 0.110. The second kappa shape index (κ2) is 11.7. The third kappa shape index (κ3) is 5.88. The van der Waals surface area contributed by atoms with Crippen LogP contribution in [0.5, 0.6) is 17.2 Å². The summed E-state index contributed by atoms with van der Waals surface area (Å²) >= 11 is 0. The third-order valence-electron chi connectivity index (χ3n) is 7.95. The average Bonchev–Trinajstić information content (AvgIpc) is 3.39. The van der Waals surface area contributed by atoms with Gasteiger partial charge < -0.3 is 29.7 Å². The summed E-state index contributed by atoms with van der Waals surface area (Å²) in [6, 6.07) is 13.3. The van der Waals surface area contributed by atoms with E-state index < -0.39 is 36.4 Å². The normalized spacial score (nSPS) is 20.1. The minimum atomic E-state index is -0.653. The van der Waals surface area contributed by atoms with Gasteiger partial charge in [-0.3, -0.25) is 19.2 Å². The Kier molecular flexibility index (Phi) is 7.71. The molecule has 10 nitrogen and oxygen atoms in total. The van der Waals surface area contributed by atoms with Crippen molar-refractivity contribution in [2.24, 2.45) is 0 Å². The Bertz CT molecular complexity index is 1620. The van der Waals surface area contributed by atoms with Crippen LogP contribution in [0.3, 0.4) is 0 Å². The monoisotopic (exact) mass is 587 g/mol. The van der Waals surface area contributed by atoms with Crippen molar-refractivity contribution in [2.45, 2.75) is 38.0 Å². The third-order valence-corrected chi connectivity index (χ3v) is 7.95. The molecule has 6 rings (SSSR count). The molecule has 0 unspecified atom stereocenters. The highest BCUT2D eigenvalue weighted by Gasteiger charge is 2.36. The molecule has 0 aromatic heterocycles. The van der Waals surface area contributed by atoms with Gasteiger partial charge in [-0.05, 0) is 53.9 Å². The fraction of sp³-hybridized carbons (Fsp3) is 0.312. The Balaban J connectivity index is 1.29. The van der Waals surface area contributed by atoms with Crippen LogP contribution in [-0.4, -0.2) is 67.4 Å². The van der Waals surface area contributed by atoms with Crippen LogP contribution in [0.2, 0.25) is 0 Å². The van der Waals surface area contributed by atoms with Crippen molar-refractivity contribution in [2.75, 3.05) is 26.8 Å². The molecule has 2 heterocycles. The quantitative estimate of drug-likeness (QED) is 0.473. The number of benzene rings is 3. The molecule has 11 heteroatoms. The maximum Gasteiger partial charge on any atom is 0.258 e. The highest BCUT2D eigenvalue weighted by molar-refractivity contribution is 6.05. The van der Waals surface area contributed by atoms with Gasteiger partial charge in [0.1, 0.15) is 17.7 Å². The number of fused-ring (bicyclic) bond motifs is 6. The number of ether oxygens (including phenoxy) is 3. The zero-order valence-corrected chi connectivity index (χ0v) is 23.5. The number of halogens is 1. The summed E-state index contributed by atoms with van der Waals surface area (Å²) in [5, 5.41) is 5.69. The molecule has 0 spiro atoms. The van der Waals surface area contributed by atoms with Crippen LogP contribution in [0.15, 0.2) is 54.6 Å². The second-order valence-corrected chi connectivity index (χ2v) is 10.8. The molecule has 43 heavy (non-hydrogen) atoms. The van der Waals surface area contributed by atoms with E-state index in [1.807, 2.05) is 0 Å². The molecular weight excluding hydrogens is 557 g/mol. The zero-order chi connectivity index (χ0) is 30.1. The summed E-state index contributed by atoms with van der Waals surface area (Å²) < 4.78 is 31.9. The lowest BCUT2D eigenvalue weighted by molar-refractivity contribution is -0.125. The van der Waals surface area contributed by atoms with Gasteiger partial charge in [-0.2, -0.15) is 0 Å². The molecule has 3 aromatic carbocycles. The maximum absolute atomic E-state index is 14.6. The number of Topliss-reactive ketones (excluding diaryl/α,β-unsaturated/α-hetero) is 1. The smallest absolute Gasteiger partial charge is 0.258 e. The Labute approximate surface area is 247 Å². The van der Waals surface area contributed by atoms with E-state index >= 15 is 0 Å². The van der Waals surface area contributed by atoms with Gasteiger partial charge in [-0.1, -0.05) is 12.1 Å². The van der Waals surface area contributed by atoms with Gasteiger partial charge in [-0.25, -0.2) is 4.39 Å². The standard InChI is InChI=1S/C32H30FN3O7/c1-41-28-8-5-19-13-29(28)42-17-30(38)35-25-16-36(32(40)24-4-2-3-23-22(24)6-7-26(23)37)10-9-27(25)43-21-12-18(11-20(33)14-21)15-34-31(19)39/h2-5,8,11-14,25,27H,6-7,9-10,15-17H2,1H3,(H,34,39)(H,35,38)/t25-,27+/m1/s1. The largest absolute Gasteiger partial charge is 0.493 e. The van der Waals surface area contributed by atoms with Gasteiger partial charge >= 0.3 is 0 Å². The molecule has 2 atom stereocenters. The van der Waals surface area contributed by atoms with Gasteiger partial charge in [0, 0.05) is 55.2 Å². The Morgan fingerprint density at radius 1 is 1.07 bits per heavy atom. The topological polar surface area (TPSA) is 123 Å². The number of piperidine rings is 1. The first-order valence-corrected chi connectivity index (χ1v) is 14.1. The molecule has 4 bridgehead atoms. The van der Waals surface area contributed by atoms with Crippen molar-refractivity contribution >= 4 is 23.5 Å². The highest BCUT2D eigenvalue weighted by Crippen LogP contribution is 2.30. The van der Waals surface area contributed by atoms with Crippen molar-refractivity contribution in [3.63, 3.8) is 0 Å². The molecule has 1 fully saturated rings. The van der Waals surface area contributed by atoms with E-state index in [4.69, 9.17) is 14.2 Å². The molecule has 3 aromatic rings. The van der Waals surface area contributed by atoms with Crippen LogP contribution < -0.4 is 24.8 Å². The molecular formula is C32H30FN3O7. The number of hydrogen-bond donors (Lipinski definition) is 2. The fourth-order valence-electron chi connectivity index (χ4n) is 5.83. The molecule has 222 valence electrons. The molecule has 2 N–H and O–H groups in total. The summed E-state index contributed by atoms with van der Waals surface area (Å²) in [5.74, 6) is -0.864. The SMILES string of the molecule is COc1ccc2cc1OCC(=O)N[C@@H]1CN(C(=O)c3cccc4c3CCC4=O)CC[C@@H]1Oc1cc(F)cc(c1)CNC2=O. The number of amides is 3. The Morgan fingerprint density at radius 2 is 1.93 bits per heavy atom. The van der Waals surface area contributed by atoms with E-state index in [0.717, 1.165) is 5.56 Å². The Hall–Kier alpha value is -4.93. The van der Waals surface area contributed by atoms with Crippen LogP contribution >= 0.6 is 0 Å². The van der Waals surface area contributed by atoms with E-state index in [9.17, 15) is 23.6 Å². The Morgan fingerprint density at radius 3 is 2.77 bits per heavy atom. The lowest BCUT2D eigenvalue weighted by Crippen LogP contribution is -2.58. The molecule has 0 radical (unpaired) electrons. The van der Waals surface area contributed by atoms with Crippen LogP contribution in [0.1, 0.15) is 55.0 Å². The van der Waals surface area contributed by atoms with Crippen molar-refractivity contribution in [3.8, 4) is 17.2 Å². The number of methoxy groups -OCH3 is 1. The summed E-state index contributed by atoms with van der Waals surface area (Å²) in [6.07, 6.45) is 0.650. The lowest BCUT2D eigenvalue weighted by Gasteiger charge is -2.39. The van der Waals surface area contributed by atoms with Gasteiger partial charge in [0.15, 0.2) is 23.9 Å². The van der Waals surface area contributed by atoms with E-state index in [2.05, 4.69) is 10.6 Å². The van der Waals surface area contributed by atoms with Crippen LogP contribution in [0.4, 0.5) is 4.39 Å². The number of rotatable bonds is 2. The van der Waals surface area contributed by atoms with Gasteiger partial charge in [-0.15, -0.1) is 0 Å². The molecule has 0 saturated carbocycles. The molecule has 1 aliphatic carbocycles. The first-order chi connectivity index (χ1) is 20.8. The van der Waals surface area contributed by atoms with Crippen LogP contribution in [0.25, 0.3) is 0 Å². The second-order valence-electron chi connectivity index (χ2n) is 10.8. The minimum Gasteiger partial charge on any atom is -0.493 e. The zero-order valence-electron chi connectivity index (χ0n) is 23.5. The molecule has 3 aliphatic rings. The number of hydrogen-bond acceptors (Lipinski definition) is 7. The van der Waals surface area contributed by atoms with Crippen LogP contribution in [0, 0.1) is 5.82 Å². The first-order valence-electron chi connectivity index (χ1n) is 14.1. The van der Waals surface area contributed by atoms with Crippen molar-refractivity contribution in [1.82, 2.24) is 15.5 Å². The summed E-state index contributed by atoms with van der Waals surface area (Å²) in [5.41, 5.74) is 2.57. The van der Waals surface area contributed by atoms with E-state index in [1.54, 1.807) is 41.3 Å². The number of nitrogens with zero attached hydrogens (tertiary/aromatic N) is 1.